The maximum Gasteiger partial charge on any atom is 0.348 e. The number of nitrogens with zero attached hydrogens (tertiary/aromatic N) is 3. The van der Waals surface area contributed by atoms with Crippen molar-refractivity contribution in [2.75, 3.05) is 17.7 Å². The van der Waals surface area contributed by atoms with Gasteiger partial charge in [-0.05, 0) is 32.6 Å². The summed E-state index contributed by atoms with van der Waals surface area (Å²) in [5.41, 5.74) is 2.41. The third-order valence-electron chi connectivity index (χ3n) is 3.97. The Labute approximate surface area is 148 Å². The summed E-state index contributed by atoms with van der Waals surface area (Å²) in [6.45, 7) is 2.28. The number of aliphatic hydroxyl groups excluding tert-OH is 1. The average molecular weight is 364 g/mol. The fourth-order valence-electron chi connectivity index (χ4n) is 2.89. The number of carbonyl (C=O) groups excluding carboxylic acids is 1. The number of hydrogen-bond acceptors (Lipinski definition) is 7. The normalized spacial score (nSPS) is 13.0. The van der Waals surface area contributed by atoms with Crippen LogP contribution in [0.5, 0.6) is 0 Å². The molecule has 0 fully saturated rings. The van der Waals surface area contributed by atoms with Gasteiger partial charge in [-0.3, -0.25) is 14.7 Å². The fraction of sp³-hybridized carbons (Fsp3) is 0.500. The molecule has 0 saturated carbocycles. The van der Waals surface area contributed by atoms with Crippen LogP contribution in [0.25, 0.3) is 0 Å². The van der Waals surface area contributed by atoms with E-state index in [1.807, 2.05) is 0 Å². The maximum absolute atomic E-state index is 12.3. The quantitative estimate of drug-likeness (QED) is 0.560. The lowest BCUT2D eigenvalue weighted by atomic mass is 10.2. The zero-order valence-corrected chi connectivity index (χ0v) is 14.8. The summed E-state index contributed by atoms with van der Waals surface area (Å²) in [7, 11) is 0. The van der Waals surface area contributed by atoms with Crippen molar-refractivity contribution in [2.24, 2.45) is 0 Å². The topological polar surface area (TPSA) is 110 Å². The van der Waals surface area contributed by atoms with Gasteiger partial charge in [0.25, 0.3) is 0 Å². The number of aliphatic hydroxyl groups is 1. The van der Waals surface area contributed by atoms with E-state index in [0.29, 0.717) is 29.6 Å². The van der Waals surface area contributed by atoms with E-state index in [1.165, 1.54) is 11.8 Å². The van der Waals surface area contributed by atoms with Gasteiger partial charge in [-0.15, -0.1) is 0 Å². The zero-order chi connectivity index (χ0) is 17.8. The Hall–Kier alpha value is -2.13. The van der Waals surface area contributed by atoms with E-state index in [9.17, 15) is 9.59 Å². The molecule has 3 rings (SSSR count). The van der Waals surface area contributed by atoms with Crippen molar-refractivity contribution in [3.8, 4) is 0 Å². The summed E-state index contributed by atoms with van der Waals surface area (Å²) in [4.78, 5) is 28.5. The van der Waals surface area contributed by atoms with Crippen molar-refractivity contribution < 1.29 is 14.4 Å². The number of hydrogen-bond donors (Lipinski definition) is 2. The van der Waals surface area contributed by atoms with Crippen LogP contribution in [0, 0.1) is 6.92 Å². The SMILES string of the molecule is Cc1cc(NC(=O)CSc2nc(=O)n(CCCO)c3c2CCC3)on1. The number of anilines is 1. The number of amides is 1. The predicted molar refractivity (Wildman–Crippen MR) is 92.8 cm³/mol. The Morgan fingerprint density at radius 2 is 2.32 bits per heavy atom. The van der Waals surface area contributed by atoms with Gasteiger partial charge in [0.2, 0.25) is 11.8 Å². The van der Waals surface area contributed by atoms with E-state index in [2.05, 4.69) is 15.5 Å². The molecule has 2 aromatic heterocycles. The van der Waals surface area contributed by atoms with E-state index >= 15 is 0 Å². The molecule has 0 aromatic carbocycles. The van der Waals surface area contributed by atoms with Gasteiger partial charge in [0, 0.05) is 30.5 Å². The summed E-state index contributed by atoms with van der Waals surface area (Å²) < 4.78 is 6.61. The van der Waals surface area contributed by atoms with Gasteiger partial charge in [-0.25, -0.2) is 4.79 Å². The van der Waals surface area contributed by atoms with Crippen LogP contribution in [-0.2, 0) is 24.2 Å². The molecular weight excluding hydrogens is 344 g/mol. The maximum atomic E-state index is 12.3. The number of fused-ring (bicyclic) bond motifs is 1. The van der Waals surface area contributed by atoms with Crippen LogP contribution in [0.1, 0.15) is 29.8 Å². The number of nitrogens with one attached hydrogen (secondary N) is 1. The van der Waals surface area contributed by atoms with Gasteiger partial charge >= 0.3 is 5.69 Å². The third kappa shape index (κ3) is 4.10. The average Bonchev–Trinajstić information content (AvgIpc) is 3.21. The first-order chi connectivity index (χ1) is 12.1. The minimum Gasteiger partial charge on any atom is -0.396 e. The molecule has 0 aliphatic heterocycles. The van der Waals surface area contributed by atoms with Crippen LogP contribution >= 0.6 is 11.8 Å². The van der Waals surface area contributed by atoms with Crippen molar-refractivity contribution in [2.45, 2.75) is 44.2 Å². The highest BCUT2D eigenvalue weighted by Gasteiger charge is 2.22. The monoisotopic (exact) mass is 364 g/mol. The highest BCUT2D eigenvalue weighted by Crippen LogP contribution is 2.29. The van der Waals surface area contributed by atoms with Crippen molar-refractivity contribution in [1.82, 2.24) is 14.7 Å². The second kappa shape index (κ2) is 7.83. The Morgan fingerprint density at radius 3 is 3.04 bits per heavy atom. The summed E-state index contributed by atoms with van der Waals surface area (Å²) in [6.07, 6.45) is 3.18. The molecule has 0 unspecified atom stereocenters. The van der Waals surface area contributed by atoms with Gasteiger partial charge in [0.15, 0.2) is 0 Å². The van der Waals surface area contributed by atoms with Crippen LogP contribution in [0.4, 0.5) is 5.88 Å². The predicted octanol–water partition coefficient (Wildman–Crippen LogP) is 1.14. The molecule has 0 bridgehead atoms. The van der Waals surface area contributed by atoms with Gasteiger partial charge in [0.1, 0.15) is 5.03 Å². The van der Waals surface area contributed by atoms with Gasteiger partial charge < -0.3 is 9.63 Å². The van der Waals surface area contributed by atoms with E-state index in [-0.39, 0.29) is 24.0 Å². The lowest BCUT2D eigenvalue weighted by Crippen LogP contribution is -2.28. The molecule has 9 heteroatoms. The van der Waals surface area contributed by atoms with Crippen LogP contribution in [-0.4, -0.2) is 38.1 Å². The van der Waals surface area contributed by atoms with Gasteiger partial charge in [-0.2, -0.15) is 4.98 Å². The molecular formula is C16H20N4O4S. The van der Waals surface area contributed by atoms with Crippen LogP contribution < -0.4 is 11.0 Å². The zero-order valence-electron chi connectivity index (χ0n) is 13.9. The lowest BCUT2D eigenvalue weighted by Gasteiger charge is -2.13. The third-order valence-corrected chi connectivity index (χ3v) is 4.99. The number of thioether (sulfide) groups is 1. The van der Waals surface area contributed by atoms with Crippen molar-refractivity contribution in [1.29, 1.82) is 0 Å². The molecule has 0 saturated heterocycles. The standard InChI is InChI=1S/C16H20N4O4S/c1-10-8-14(24-19-10)17-13(22)9-25-15-11-4-2-5-12(11)20(6-3-7-21)16(23)18-15/h8,21H,2-7,9H2,1H3,(H,17,22). The van der Waals surface area contributed by atoms with E-state index in [4.69, 9.17) is 9.63 Å². The van der Waals surface area contributed by atoms with E-state index < -0.39 is 0 Å². The molecule has 0 radical (unpaired) electrons. The Morgan fingerprint density at radius 1 is 1.48 bits per heavy atom. The van der Waals surface area contributed by atoms with Crippen LogP contribution in [0.2, 0.25) is 0 Å². The Kier molecular flexibility index (Phi) is 5.54. The van der Waals surface area contributed by atoms with Crippen molar-refractivity contribution >= 4 is 23.6 Å². The fourth-order valence-corrected chi connectivity index (χ4v) is 3.77. The first kappa shape index (κ1) is 17.7. The highest BCUT2D eigenvalue weighted by molar-refractivity contribution is 8.00. The molecule has 2 N–H and O–H groups in total. The molecule has 1 aliphatic carbocycles. The molecule has 134 valence electrons. The number of carbonyl (C=O) groups is 1. The lowest BCUT2D eigenvalue weighted by molar-refractivity contribution is -0.113. The first-order valence-electron chi connectivity index (χ1n) is 8.18. The molecule has 0 spiro atoms. The smallest absolute Gasteiger partial charge is 0.348 e. The van der Waals surface area contributed by atoms with E-state index in [1.54, 1.807) is 17.6 Å². The highest BCUT2D eigenvalue weighted by atomic mass is 32.2. The molecule has 2 heterocycles. The van der Waals surface area contributed by atoms with Gasteiger partial charge in [0.05, 0.1) is 11.4 Å². The Balaban J connectivity index is 1.70. The number of rotatable bonds is 7. The number of aromatic nitrogens is 3. The molecule has 1 aliphatic rings. The van der Waals surface area contributed by atoms with Crippen LogP contribution in [0.3, 0.4) is 0 Å². The second-order valence-electron chi connectivity index (χ2n) is 5.88. The second-order valence-corrected chi connectivity index (χ2v) is 6.84. The van der Waals surface area contributed by atoms with Crippen molar-refractivity contribution in [3.63, 3.8) is 0 Å². The molecule has 25 heavy (non-hydrogen) atoms. The molecule has 0 atom stereocenters. The largest absolute Gasteiger partial charge is 0.396 e. The van der Waals surface area contributed by atoms with Crippen molar-refractivity contribution in [3.05, 3.63) is 33.5 Å². The minimum atomic E-state index is -0.317. The minimum absolute atomic E-state index is 0.0407. The molecule has 8 nitrogen and oxygen atoms in total. The summed E-state index contributed by atoms with van der Waals surface area (Å²) >= 11 is 1.26. The first-order valence-corrected chi connectivity index (χ1v) is 9.16. The van der Waals surface area contributed by atoms with Gasteiger partial charge in [-0.1, -0.05) is 16.9 Å². The summed E-state index contributed by atoms with van der Waals surface area (Å²) in [5.74, 6) is 0.207. The molecule has 1 amide bonds. The number of aryl methyl sites for hydroxylation is 1. The summed E-state index contributed by atoms with van der Waals surface area (Å²) in [5, 5.41) is 16.0. The summed E-state index contributed by atoms with van der Waals surface area (Å²) in [6, 6.07) is 1.64. The van der Waals surface area contributed by atoms with Crippen LogP contribution in [0.15, 0.2) is 20.4 Å². The Bertz CT molecular complexity index is 830. The molecule has 2 aromatic rings. The van der Waals surface area contributed by atoms with E-state index in [0.717, 1.165) is 30.5 Å².